The monoisotopic (exact) mass is 246 g/mol. The van der Waals surface area contributed by atoms with Crippen LogP contribution in [0.4, 0.5) is 18.9 Å². The van der Waals surface area contributed by atoms with Crippen molar-refractivity contribution in [2.45, 2.75) is 19.0 Å². The van der Waals surface area contributed by atoms with Crippen LogP contribution in [0.3, 0.4) is 0 Å². The molecule has 0 atom stereocenters. The third-order valence-electron chi connectivity index (χ3n) is 2.51. The highest BCUT2D eigenvalue weighted by atomic mass is 19.4. The molecule has 0 amide bonds. The fourth-order valence-corrected chi connectivity index (χ4v) is 1.50. The molecule has 1 rings (SSSR count). The predicted octanol–water partition coefficient (Wildman–Crippen LogP) is 2.70. The Morgan fingerprint density at radius 2 is 1.94 bits per heavy atom. The summed E-state index contributed by atoms with van der Waals surface area (Å²) in [4.78, 5) is 1.68. The molecule has 1 aromatic rings. The van der Waals surface area contributed by atoms with Gasteiger partial charge in [0.2, 0.25) is 0 Å². The number of nitrogens with zero attached hydrogens (tertiary/aromatic N) is 1. The van der Waals surface area contributed by atoms with Crippen LogP contribution >= 0.6 is 0 Å². The number of nitrogens with two attached hydrogens (primary N) is 1. The maximum Gasteiger partial charge on any atom is 0.390 e. The van der Waals surface area contributed by atoms with Crippen LogP contribution in [0.15, 0.2) is 24.3 Å². The first-order chi connectivity index (χ1) is 7.87. The number of alkyl halides is 3. The van der Waals surface area contributed by atoms with E-state index in [1.807, 2.05) is 18.2 Å². The van der Waals surface area contributed by atoms with Gasteiger partial charge in [0.05, 0.1) is 6.42 Å². The fraction of sp³-hybridized carbons (Fsp3) is 0.500. The summed E-state index contributed by atoms with van der Waals surface area (Å²) in [5.74, 6) is 0. The number of hydrogen-bond acceptors (Lipinski definition) is 2. The van der Waals surface area contributed by atoms with Gasteiger partial charge in [0.15, 0.2) is 0 Å². The standard InChI is InChI=1S/C12H17F3N2/c1-17(8-6-12(13,14)15)7-5-10-3-2-4-11(16)9-10/h2-4,9H,5-8,16H2,1H3. The van der Waals surface area contributed by atoms with E-state index in [2.05, 4.69) is 0 Å². The first kappa shape index (κ1) is 13.8. The zero-order chi connectivity index (χ0) is 12.9. The molecule has 0 fully saturated rings. The highest BCUT2D eigenvalue weighted by molar-refractivity contribution is 5.40. The lowest BCUT2D eigenvalue weighted by Gasteiger charge is -2.17. The van der Waals surface area contributed by atoms with Crippen LogP contribution in [0.25, 0.3) is 0 Å². The van der Waals surface area contributed by atoms with Crippen LogP contribution in [-0.2, 0) is 6.42 Å². The lowest BCUT2D eigenvalue weighted by molar-refractivity contribution is -0.137. The lowest BCUT2D eigenvalue weighted by Crippen LogP contribution is -2.26. The minimum atomic E-state index is -4.08. The predicted molar refractivity (Wildman–Crippen MR) is 62.7 cm³/mol. The normalized spacial score (nSPS) is 12.1. The summed E-state index contributed by atoms with van der Waals surface area (Å²) in [6.45, 7) is 0.630. The van der Waals surface area contributed by atoms with E-state index in [0.29, 0.717) is 18.7 Å². The van der Waals surface area contributed by atoms with Gasteiger partial charge < -0.3 is 10.6 Å². The molecule has 0 bridgehead atoms. The van der Waals surface area contributed by atoms with E-state index in [-0.39, 0.29) is 6.54 Å². The van der Waals surface area contributed by atoms with Gasteiger partial charge in [-0.15, -0.1) is 0 Å². The van der Waals surface area contributed by atoms with Crippen molar-refractivity contribution in [1.29, 1.82) is 0 Å². The van der Waals surface area contributed by atoms with Gasteiger partial charge in [0.1, 0.15) is 0 Å². The number of benzene rings is 1. The van der Waals surface area contributed by atoms with E-state index < -0.39 is 12.6 Å². The van der Waals surface area contributed by atoms with Crippen molar-refractivity contribution in [3.63, 3.8) is 0 Å². The van der Waals surface area contributed by atoms with Crippen molar-refractivity contribution in [2.75, 3.05) is 25.9 Å². The molecule has 96 valence electrons. The molecule has 2 N–H and O–H groups in total. The van der Waals surface area contributed by atoms with Crippen molar-refractivity contribution in [3.05, 3.63) is 29.8 Å². The number of likely N-dealkylation sites (N-methyl/N-ethyl adjacent to an activating group) is 1. The van der Waals surface area contributed by atoms with E-state index in [1.165, 1.54) is 0 Å². The molecule has 0 aliphatic rings. The Bertz CT molecular complexity index is 350. The molecule has 0 unspecified atom stereocenters. The van der Waals surface area contributed by atoms with E-state index in [0.717, 1.165) is 5.56 Å². The largest absolute Gasteiger partial charge is 0.399 e. The van der Waals surface area contributed by atoms with Gasteiger partial charge in [0.25, 0.3) is 0 Å². The smallest absolute Gasteiger partial charge is 0.390 e. The van der Waals surface area contributed by atoms with Crippen LogP contribution in [0.2, 0.25) is 0 Å². The fourth-order valence-electron chi connectivity index (χ4n) is 1.50. The Labute approximate surface area is 99.2 Å². The Balaban J connectivity index is 2.31. The molecule has 0 aliphatic heterocycles. The second-order valence-electron chi connectivity index (χ2n) is 4.16. The van der Waals surface area contributed by atoms with Crippen LogP contribution in [0, 0.1) is 0 Å². The third-order valence-corrected chi connectivity index (χ3v) is 2.51. The van der Waals surface area contributed by atoms with Gasteiger partial charge in [-0.25, -0.2) is 0 Å². The zero-order valence-corrected chi connectivity index (χ0v) is 9.80. The highest BCUT2D eigenvalue weighted by Gasteiger charge is 2.26. The summed E-state index contributed by atoms with van der Waals surface area (Å²) in [6, 6.07) is 7.41. The number of anilines is 1. The summed E-state index contributed by atoms with van der Waals surface area (Å²) in [5, 5.41) is 0. The van der Waals surface area contributed by atoms with Gasteiger partial charge in [-0.1, -0.05) is 12.1 Å². The molecular formula is C12H17F3N2. The van der Waals surface area contributed by atoms with Crippen molar-refractivity contribution < 1.29 is 13.2 Å². The average molecular weight is 246 g/mol. The van der Waals surface area contributed by atoms with Gasteiger partial charge in [-0.3, -0.25) is 0 Å². The summed E-state index contributed by atoms with van der Waals surface area (Å²) in [7, 11) is 1.69. The molecule has 1 aromatic carbocycles. The molecule has 0 aliphatic carbocycles. The van der Waals surface area contributed by atoms with Gasteiger partial charge in [-0.2, -0.15) is 13.2 Å². The first-order valence-corrected chi connectivity index (χ1v) is 5.46. The SMILES string of the molecule is CN(CCc1cccc(N)c1)CCC(F)(F)F. The number of nitrogen functional groups attached to an aromatic ring is 1. The minimum absolute atomic E-state index is 0.0335. The molecule has 0 aromatic heterocycles. The van der Waals surface area contributed by atoms with E-state index in [9.17, 15) is 13.2 Å². The van der Waals surface area contributed by atoms with Crippen LogP contribution in [-0.4, -0.2) is 31.2 Å². The molecule has 0 saturated heterocycles. The molecule has 0 saturated carbocycles. The Hall–Kier alpha value is -1.23. The lowest BCUT2D eigenvalue weighted by atomic mass is 10.1. The Morgan fingerprint density at radius 3 is 2.53 bits per heavy atom. The average Bonchev–Trinajstić information content (AvgIpc) is 2.23. The second-order valence-corrected chi connectivity index (χ2v) is 4.16. The first-order valence-electron chi connectivity index (χ1n) is 5.46. The molecule has 5 heteroatoms. The maximum atomic E-state index is 12.0. The second kappa shape index (κ2) is 5.91. The highest BCUT2D eigenvalue weighted by Crippen LogP contribution is 2.19. The van der Waals surface area contributed by atoms with Crippen LogP contribution < -0.4 is 5.73 Å². The summed E-state index contributed by atoms with van der Waals surface area (Å²) >= 11 is 0. The number of halogens is 3. The topological polar surface area (TPSA) is 29.3 Å². The van der Waals surface area contributed by atoms with Crippen LogP contribution in [0.1, 0.15) is 12.0 Å². The Kier molecular flexibility index (Phi) is 4.81. The van der Waals surface area contributed by atoms with E-state index in [4.69, 9.17) is 5.73 Å². The van der Waals surface area contributed by atoms with E-state index in [1.54, 1.807) is 18.0 Å². The Morgan fingerprint density at radius 1 is 1.24 bits per heavy atom. The van der Waals surface area contributed by atoms with Gasteiger partial charge >= 0.3 is 6.18 Å². The van der Waals surface area contributed by atoms with Crippen molar-refractivity contribution in [1.82, 2.24) is 4.90 Å². The van der Waals surface area contributed by atoms with E-state index >= 15 is 0 Å². The van der Waals surface area contributed by atoms with Crippen LogP contribution in [0.5, 0.6) is 0 Å². The van der Waals surface area contributed by atoms with Crippen molar-refractivity contribution in [2.24, 2.45) is 0 Å². The van der Waals surface area contributed by atoms with Crippen molar-refractivity contribution in [3.8, 4) is 0 Å². The number of hydrogen-bond donors (Lipinski definition) is 1. The molecule has 0 radical (unpaired) electrons. The number of rotatable bonds is 5. The van der Waals surface area contributed by atoms with Gasteiger partial charge in [-0.05, 0) is 31.2 Å². The zero-order valence-electron chi connectivity index (χ0n) is 9.80. The van der Waals surface area contributed by atoms with Gasteiger partial charge in [0, 0.05) is 18.8 Å². The summed E-state index contributed by atoms with van der Waals surface area (Å²) in [6.07, 6.45) is -4.13. The third kappa shape index (κ3) is 6.16. The maximum absolute atomic E-state index is 12.0. The molecule has 2 nitrogen and oxygen atoms in total. The van der Waals surface area contributed by atoms with Crippen molar-refractivity contribution >= 4 is 5.69 Å². The summed E-state index contributed by atoms with van der Waals surface area (Å²) < 4.78 is 36.0. The molecule has 0 heterocycles. The quantitative estimate of drug-likeness (QED) is 0.809. The molecule has 0 spiro atoms. The molecular weight excluding hydrogens is 229 g/mol. The molecule has 17 heavy (non-hydrogen) atoms. The summed E-state index contributed by atoms with van der Waals surface area (Å²) in [5.41, 5.74) is 7.34. The minimum Gasteiger partial charge on any atom is -0.399 e.